The van der Waals surface area contributed by atoms with Gasteiger partial charge in [0.15, 0.2) is 0 Å². The molecule has 4 unspecified atom stereocenters. The molecule has 0 amide bonds. The van der Waals surface area contributed by atoms with Gasteiger partial charge in [-0.2, -0.15) is 0 Å². The highest BCUT2D eigenvalue weighted by atomic mass is 16.3. The molecule has 0 spiro atoms. The molecule has 3 nitrogen and oxygen atoms in total. The van der Waals surface area contributed by atoms with Crippen LogP contribution in [0.2, 0.25) is 0 Å². The van der Waals surface area contributed by atoms with Gasteiger partial charge in [-0.3, -0.25) is 4.90 Å². The Balaban J connectivity index is 2.48. The van der Waals surface area contributed by atoms with E-state index < -0.39 is 0 Å². The monoisotopic (exact) mass is 214 g/mol. The molecule has 0 radical (unpaired) electrons. The minimum atomic E-state index is -0.228. The van der Waals surface area contributed by atoms with Crippen LogP contribution >= 0.6 is 0 Å². The minimum absolute atomic E-state index is 0.228. The predicted octanol–water partition coefficient (Wildman–Crippen LogP) is 1.08. The molecule has 1 aliphatic heterocycles. The first-order valence-corrected chi connectivity index (χ1v) is 6.15. The fraction of sp³-hybridized carbons (Fsp3) is 1.00. The summed E-state index contributed by atoms with van der Waals surface area (Å²) in [6.07, 6.45) is 2.34. The molecular formula is C12H26N2O. The number of nitrogens with one attached hydrogen (secondary N) is 1. The van der Waals surface area contributed by atoms with E-state index in [9.17, 15) is 5.11 Å². The standard InChI is InChI=1S/C12H26N2O/c1-9(13-4)12-6-5-7-14(8-12)10(2)11(3)15/h9-13,15H,5-8H2,1-4H3. The van der Waals surface area contributed by atoms with Crippen molar-refractivity contribution >= 4 is 0 Å². The fourth-order valence-corrected chi connectivity index (χ4v) is 2.36. The van der Waals surface area contributed by atoms with Gasteiger partial charge in [0.25, 0.3) is 0 Å². The Morgan fingerprint density at radius 1 is 1.33 bits per heavy atom. The summed E-state index contributed by atoms with van der Waals surface area (Å²) in [4.78, 5) is 2.42. The molecule has 0 bridgehead atoms. The number of aliphatic hydroxyl groups excluding tert-OH is 1. The number of hydrogen-bond donors (Lipinski definition) is 2. The summed E-state index contributed by atoms with van der Waals surface area (Å²) >= 11 is 0. The second kappa shape index (κ2) is 5.83. The van der Waals surface area contributed by atoms with Gasteiger partial charge in [0.05, 0.1) is 6.10 Å². The topological polar surface area (TPSA) is 35.5 Å². The third-order valence-electron chi connectivity index (χ3n) is 3.93. The molecule has 0 aromatic carbocycles. The summed E-state index contributed by atoms with van der Waals surface area (Å²) in [6, 6.07) is 0.867. The van der Waals surface area contributed by atoms with Gasteiger partial charge in [-0.05, 0) is 53.1 Å². The van der Waals surface area contributed by atoms with Crippen LogP contribution in [0.25, 0.3) is 0 Å². The Hall–Kier alpha value is -0.120. The van der Waals surface area contributed by atoms with Gasteiger partial charge in [-0.25, -0.2) is 0 Å². The zero-order valence-electron chi connectivity index (χ0n) is 10.5. The first-order valence-electron chi connectivity index (χ1n) is 6.15. The largest absolute Gasteiger partial charge is 0.392 e. The third-order valence-corrected chi connectivity index (χ3v) is 3.93. The van der Waals surface area contributed by atoms with Crippen LogP contribution in [0.1, 0.15) is 33.6 Å². The maximum Gasteiger partial charge on any atom is 0.0664 e. The van der Waals surface area contributed by atoms with Crippen molar-refractivity contribution in [2.45, 2.75) is 51.8 Å². The number of hydrogen-bond acceptors (Lipinski definition) is 3. The normalized spacial score (nSPS) is 29.8. The van der Waals surface area contributed by atoms with Crippen molar-refractivity contribution in [2.24, 2.45) is 5.92 Å². The van der Waals surface area contributed by atoms with Crippen molar-refractivity contribution in [2.75, 3.05) is 20.1 Å². The highest BCUT2D eigenvalue weighted by Gasteiger charge is 2.27. The second-order valence-electron chi connectivity index (χ2n) is 4.96. The Morgan fingerprint density at radius 3 is 2.53 bits per heavy atom. The molecule has 1 aliphatic rings. The van der Waals surface area contributed by atoms with E-state index in [1.165, 1.54) is 12.8 Å². The first-order chi connectivity index (χ1) is 7.06. The van der Waals surface area contributed by atoms with Crippen LogP contribution in [0.4, 0.5) is 0 Å². The van der Waals surface area contributed by atoms with E-state index in [0.29, 0.717) is 6.04 Å². The van der Waals surface area contributed by atoms with Crippen LogP contribution in [-0.4, -0.2) is 48.3 Å². The molecule has 0 aromatic heterocycles. The summed E-state index contributed by atoms with van der Waals surface area (Å²) in [6.45, 7) is 8.52. The Kier molecular flexibility index (Phi) is 5.03. The van der Waals surface area contributed by atoms with Crippen LogP contribution in [0, 0.1) is 5.92 Å². The van der Waals surface area contributed by atoms with Crippen LogP contribution in [0.3, 0.4) is 0 Å². The zero-order valence-corrected chi connectivity index (χ0v) is 10.5. The molecule has 4 atom stereocenters. The molecular weight excluding hydrogens is 188 g/mol. The van der Waals surface area contributed by atoms with Crippen LogP contribution < -0.4 is 5.32 Å². The Morgan fingerprint density at radius 2 is 2.00 bits per heavy atom. The first kappa shape index (κ1) is 12.9. The van der Waals surface area contributed by atoms with E-state index in [1.54, 1.807) is 0 Å². The molecule has 1 rings (SSSR count). The van der Waals surface area contributed by atoms with Crippen molar-refractivity contribution in [1.29, 1.82) is 0 Å². The van der Waals surface area contributed by atoms with Crippen molar-refractivity contribution in [1.82, 2.24) is 10.2 Å². The summed E-state index contributed by atoms with van der Waals surface area (Å²) in [5, 5.41) is 12.9. The number of rotatable bonds is 4. The van der Waals surface area contributed by atoms with E-state index in [1.807, 2.05) is 14.0 Å². The van der Waals surface area contributed by atoms with Gasteiger partial charge >= 0.3 is 0 Å². The van der Waals surface area contributed by atoms with E-state index in [4.69, 9.17) is 0 Å². The lowest BCUT2D eigenvalue weighted by molar-refractivity contribution is 0.0379. The minimum Gasteiger partial charge on any atom is -0.392 e. The molecule has 0 aliphatic carbocycles. The molecule has 1 saturated heterocycles. The van der Waals surface area contributed by atoms with Crippen LogP contribution in [0.5, 0.6) is 0 Å². The summed E-state index contributed by atoms with van der Waals surface area (Å²) < 4.78 is 0. The third kappa shape index (κ3) is 3.44. The van der Waals surface area contributed by atoms with Crippen molar-refractivity contribution < 1.29 is 5.11 Å². The number of piperidine rings is 1. The molecule has 90 valence electrons. The molecule has 3 heteroatoms. The molecule has 1 heterocycles. The lowest BCUT2D eigenvalue weighted by atomic mass is 9.90. The maximum absolute atomic E-state index is 9.60. The summed E-state index contributed by atoms with van der Waals surface area (Å²) in [5.74, 6) is 0.727. The number of nitrogens with zero attached hydrogens (tertiary/aromatic N) is 1. The Labute approximate surface area is 93.9 Å². The molecule has 2 N–H and O–H groups in total. The van der Waals surface area contributed by atoms with E-state index in [0.717, 1.165) is 19.0 Å². The lowest BCUT2D eigenvalue weighted by Gasteiger charge is -2.40. The quantitative estimate of drug-likeness (QED) is 0.735. The van der Waals surface area contributed by atoms with Crippen molar-refractivity contribution in [3.05, 3.63) is 0 Å². The van der Waals surface area contributed by atoms with Gasteiger partial charge < -0.3 is 10.4 Å². The Bertz CT molecular complexity index is 184. The number of aliphatic hydroxyl groups is 1. The van der Waals surface area contributed by atoms with Gasteiger partial charge in [0.2, 0.25) is 0 Å². The van der Waals surface area contributed by atoms with E-state index >= 15 is 0 Å². The average Bonchev–Trinajstić information content (AvgIpc) is 2.27. The average molecular weight is 214 g/mol. The van der Waals surface area contributed by atoms with E-state index in [-0.39, 0.29) is 12.1 Å². The van der Waals surface area contributed by atoms with Gasteiger partial charge in [0.1, 0.15) is 0 Å². The molecule has 0 aromatic rings. The van der Waals surface area contributed by atoms with Gasteiger partial charge in [0, 0.05) is 18.6 Å². The van der Waals surface area contributed by atoms with Gasteiger partial charge in [-0.15, -0.1) is 0 Å². The van der Waals surface area contributed by atoms with E-state index in [2.05, 4.69) is 24.1 Å². The predicted molar refractivity (Wildman–Crippen MR) is 64.0 cm³/mol. The lowest BCUT2D eigenvalue weighted by Crippen LogP contribution is -2.49. The highest BCUT2D eigenvalue weighted by molar-refractivity contribution is 4.83. The van der Waals surface area contributed by atoms with Crippen molar-refractivity contribution in [3.8, 4) is 0 Å². The zero-order chi connectivity index (χ0) is 11.4. The number of likely N-dealkylation sites (tertiary alicyclic amines) is 1. The van der Waals surface area contributed by atoms with Crippen molar-refractivity contribution in [3.63, 3.8) is 0 Å². The maximum atomic E-state index is 9.60. The molecule has 0 saturated carbocycles. The SMILES string of the molecule is CNC(C)C1CCCN(C(C)C(C)O)C1. The van der Waals surface area contributed by atoms with Crippen LogP contribution in [0.15, 0.2) is 0 Å². The highest BCUT2D eigenvalue weighted by Crippen LogP contribution is 2.22. The fourth-order valence-electron chi connectivity index (χ4n) is 2.36. The summed E-state index contributed by atoms with van der Waals surface area (Å²) in [7, 11) is 2.03. The second-order valence-corrected chi connectivity index (χ2v) is 4.96. The molecule has 1 fully saturated rings. The smallest absolute Gasteiger partial charge is 0.0664 e. The van der Waals surface area contributed by atoms with Crippen LogP contribution in [-0.2, 0) is 0 Å². The summed E-state index contributed by atoms with van der Waals surface area (Å²) in [5.41, 5.74) is 0. The van der Waals surface area contributed by atoms with Gasteiger partial charge in [-0.1, -0.05) is 0 Å². The molecule has 15 heavy (non-hydrogen) atoms.